The van der Waals surface area contributed by atoms with Gasteiger partial charge in [0.25, 0.3) is 0 Å². The molecule has 2 N–H and O–H groups in total. The average Bonchev–Trinajstić information content (AvgIpc) is 3.36. The zero-order valence-corrected chi connectivity index (χ0v) is 19.5. The Kier molecular flexibility index (Phi) is 7.21. The molecule has 1 unspecified atom stereocenters. The molecule has 29 heavy (non-hydrogen) atoms. The van der Waals surface area contributed by atoms with Crippen LogP contribution in [-0.2, 0) is 5.41 Å². The van der Waals surface area contributed by atoms with Crippen LogP contribution in [0.25, 0.3) is 0 Å². The van der Waals surface area contributed by atoms with E-state index in [1.165, 1.54) is 6.07 Å². The lowest BCUT2D eigenvalue weighted by molar-refractivity contribution is 0.598. The number of anilines is 1. The van der Waals surface area contributed by atoms with Crippen molar-refractivity contribution < 1.29 is 4.39 Å². The minimum absolute atomic E-state index is 0. The molecular weight excluding hydrogens is 504 g/mol. The number of aliphatic imine (C=N–C) groups is 1. The molecule has 2 aromatic rings. The van der Waals surface area contributed by atoms with Gasteiger partial charge in [0, 0.05) is 44.3 Å². The predicted molar refractivity (Wildman–Crippen MR) is 127 cm³/mol. The molecule has 156 valence electrons. The maximum Gasteiger partial charge on any atom is 0.191 e. The maximum absolute atomic E-state index is 13.6. The fourth-order valence-corrected chi connectivity index (χ4v) is 4.10. The fraction of sp³-hybridized carbons (Fsp3) is 0.429. The van der Waals surface area contributed by atoms with Crippen LogP contribution >= 0.6 is 35.6 Å². The highest BCUT2D eigenvalue weighted by molar-refractivity contribution is 14.0. The van der Waals surface area contributed by atoms with E-state index in [1.54, 1.807) is 25.4 Å². The first-order chi connectivity index (χ1) is 13.6. The molecular formula is C21H26ClFIN5. The molecule has 0 amide bonds. The van der Waals surface area contributed by atoms with Crippen molar-refractivity contribution in [3.8, 4) is 0 Å². The van der Waals surface area contributed by atoms with Gasteiger partial charge in [-0.25, -0.2) is 9.37 Å². The van der Waals surface area contributed by atoms with Crippen molar-refractivity contribution in [3.63, 3.8) is 0 Å². The van der Waals surface area contributed by atoms with Gasteiger partial charge in [0.15, 0.2) is 5.96 Å². The van der Waals surface area contributed by atoms with Crippen LogP contribution in [0.15, 0.2) is 47.6 Å². The van der Waals surface area contributed by atoms with Crippen molar-refractivity contribution in [2.45, 2.75) is 30.7 Å². The second-order valence-electron chi connectivity index (χ2n) is 7.60. The maximum atomic E-state index is 13.6. The van der Waals surface area contributed by atoms with Gasteiger partial charge in [-0.3, -0.25) is 4.99 Å². The van der Waals surface area contributed by atoms with Gasteiger partial charge in [-0.05, 0) is 49.1 Å². The summed E-state index contributed by atoms with van der Waals surface area (Å²) < 4.78 is 13.6. The first-order valence-electron chi connectivity index (χ1n) is 9.68. The number of nitrogens with zero attached hydrogens (tertiary/aromatic N) is 3. The Balaban J connectivity index is 0.00000240. The highest BCUT2D eigenvalue weighted by Crippen LogP contribution is 2.47. The first-order valence-corrected chi connectivity index (χ1v) is 10.1. The third kappa shape index (κ3) is 5.12. The Labute approximate surface area is 193 Å². The Morgan fingerprint density at radius 3 is 2.86 bits per heavy atom. The predicted octanol–water partition coefficient (Wildman–Crippen LogP) is 3.97. The summed E-state index contributed by atoms with van der Waals surface area (Å²) in [5, 5.41) is 7.62. The fourth-order valence-electron chi connectivity index (χ4n) is 3.86. The summed E-state index contributed by atoms with van der Waals surface area (Å²) in [6, 6.07) is 10.9. The Morgan fingerprint density at radius 1 is 1.34 bits per heavy atom. The summed E-state index contributed by atoms with van der Waals surface area (Å²) >= 11 is 6.27. The number of nitrogens with one attached hydrogen (secondary N) is 2. The number of benzene rings is 1. The second kappa shape index (κ2) is 9.47. The van der Waals surface area contributed by atoms with Crippen molar-refractivity contribution in [2.75, 3.05) is 31.6 Å². The number of guanidine groups is 1. The number of halogens is 3. The number of pyridine rings is 1. The van der Waals surface area contributed by atoms with Crippen LogP contribution in [0.3, 0.4) is 0 Å². The van der Waals surface area contributed by atoms with E-state index in [1.807, 2.05) is 18.2 Å². The molecule has 8 heteroatoms. The molecule has 1 atom stereocenters. The molecule has 0 radical (unpaired) electrons. The normalized spacial score (nSPS) is 20.2. The summed E-state index contributed by atoms with van der Waals surface area (Å²) in [6.45, 7) is 2.48. The highest BCUT2D eigenvalue weighted by Gasteiger charge is 2.44. The molecule has 0 spiro atoms. The summed E-state index contributed by atoms with van der Waals surface area (Å²) in [7, 11) is 1.78. The smallest absolute Gasteiger partial charge is 0.191 e. The minimum atomic E-state index is -0.175. The van der Waals surface area contributed by atoms with Gasteiger partial charge in [0.2, 0.25) is 0 Å². The monoisotopic (exact) mass is 529 g/mol. The quantitative estimate of drug-likeness (QED) is 0.350. The molecule has 1 aromatic heterocycles. The Bertz CT molecular complexity index is 874. The van der Waals surface area contributed by atoms with Crippen LogP contribution in [0.5, 0.6) is 0 Å². The second-order valence-corrected chi connectivity index (χ2v) is 8.01. The van der Waals surface area contributed by atoms with Gasteiger partial charge >= 0.3 is 0 Å². The van der Waals surface area contributed by atoms with E-state index in [4.69, 9.17) is 11.6 Å². The molecule has 4 rings (SSSR count). The Hall–Kier alpha value is -1.61. The lowest BCUT2D eigenvalue weighted by atomic mass is 9.96. The van der Waals surface area contributed by atoms with Crippen molar-refractivity contribution in [1.82, 2.24) is 15.6 Å². The van der Waals surface area contributed by atoms with E-state index in [9.17, 15) is 4.39 Å². The number of hydrogen-bond acceptors (Lipinski definition) is 3. The molecule has 1 aromatic carbocycles. The van der Waals surface area contributed by atoms with Crippen LogP contribution in [0.2, 0.25) is 5.02 Å². The van der Waals surface area contributed by atoms with Crippen LogP contribution in [0.1, 0.15) is 24.8 Å². The molecule has 0 bridgehead atoms. The van der Waals surface area contributed by atoms with Crippen LogP contribution < -0.4 is 15.5 Å². The molecule has 1 aliphatic heterocycles. The van der Waals surface area contributed by atoms with Crippen LogP contribution in [-0.4, -0.2) is 43.7 Å². The zero-order chi connectivity index (χ0) is 19.6. The van der Waals surface area contributed by atoms with E-state index in [-0.39, 0.29) is 41.3 Å². The van der Waals surface area contributed by atoms with Crippen LogP contribution in [0.4, 0.5) is 10.2 Å². The third-order valence-electron chi connectivity index (χ3n) is 5.68. The lowest BCUT2D eigenvalue weighted by Gasteiger charge is -2.22. The number of rotatable bonds is 5. The molecule has 2 aliphatic rings. The van der Waals surface area contributed by atoms with Crippen molar-refractivity contribution >= 4 is 47.4 Å². The van der Waals surface area contributed by atoms with Gasteiger partial charge < -0.3 is 15.5 Å². The topological polar surface area (TPSA) is 52.6 Å². The summed E-state index contributed by atoms with van der Waals surface area (Å²) in [4.78, 5) is 11.0. The summed E-state index contributed by atoms with van der Waals surface area (Å²) in [5.41, 5.74) is 1.08. The minimum Gasteiger partial charge on any atom is -0.356 e. The van der Waals surface area contributed by atoms with E-state index in [0.29, 0.717) is 5.02 Å². The molecule has 5 nitrogen and oxygen atoms in total. The van der Waals surface area contributed by atoms with Gasteiger partial charge in [0.05, 0.1) is 5.02 Å². The first kappa shape index (κ1) is 22.1. The largest absolute Gasteiger partial charge is 0.356 e. The van der Waals surface area contributed by atoms with Gasteiger partial charge in [-0.1, -0.05) is 23.7 Å². The molecule has 2 fully saturated rings. The standard InChI is InChI=1S/C21H25ClFN5.HI/c1-24-20(26-14-21(8-9-21)15-4-2-5-16(23)12-15)27-17-7-11-28(13-17)19-18(22)6-3-10-25-19;/h2-6,10,12,17H,7-9,11,13-14H2,1H3,(H2,24,26,27);1H. The number of aromatic nitrogens is 1. The zero-order valence-electron chi connectivity index (χ0n) is 16.4. The van der Waals surface area contributed by atoms with E-state index in [0.717, 1.165) is 56.2 Å². The van der Waals surface area contributed by atoms with Crippen molar-refractivity contribution in [2.24, 2.45) is 4.99 Å². The molecule has 1 aliphatic carbocycles. The molecule has 1 saturated carbocycles. The SMILES string of the molecule is CN=C(NCC1(c2cccc(F)c2)CC1)NC1CCN(c2ncccc2Cl)C1.I. The van der Waals surface area contributed by atoms with E-state index in [2.05, 4.69) is 25.5 Å². The lowest BCUT2D eigenvalue weighted by Crippen LogP contribution is -2.46. The van der Waals surface area contributed by atoms with Crippen LogP contribution in [0, 0.1) is 5.82 Å². The van der Waals surface area contributed by atoms with Crippen molar-refractivity contribution in [3.05, 3.63) is 59.0 Å². The van der Waals surface area contributed by atoms with Crippen molar-refractivity contribution in [1.29, 1.82) is 0 Å². The Morgan fingerprint density at radius 2 is 2.17 bits per heavy atom. The summed E-state index contributed by atoms with van der Waals surface area (Å²) in [6.07, 6.45) is 4.89. The van der Waals surface area contributed by atoms with Gasteiger partial charge in [0.1, 0.15) is 11.6 Å². The van der Waals surface area contributed by atoms with E-state index < -0.39 is 0 Å². The van der Waals surface area contributed by atoms with Gasteiger partial charge in [-0.2, -0.15) is 0 Å². The summed E-state index contributed by atoms with van der Waals surface area (Å²) in [5.74, 6) is 1.44. The average molecular weight is 530 g/mol. The third-order valence-corrected chi connectivity index (χ3v) is 5.97. The molecule has 2 heterocycles. The highest BCUT2D eigenvalue weighted by atomic mass is 127. The molecule has 1 saturated heterocycles. The van der Waals surface area contributed by atoms with Gasteiger partial charge in [-0.15, -0.1) is 24.0 Å². The number of hydrogen-bond donors (Lipinski definition) is 2. The van der Waals surface area contributed by atoms with E-state index >= 15 is 0 Å².